The van der Waals surface area contributed by atoms with Gasteiger partial charge in [0.2, 0.25) is 11.8 Å². The third kappa shape index (κ3) is 8.87. The van der Waals surface area contributed by atoms with Gasteiger partial charge in [0.15, 0.2) is 0 Å². The molecule has 0 aliphatic carbocycles. The highest BCUT2D eigenvalue weighted by atomic mass is 16.5. The molecule has 2 fully saturated rings. The lowest BCUT2D eigenvalue weighted by Gasteiger charge is -2.40. The number of piperazine rings is 1. The highest BCUT2D eigenvalue weighted by Gasteiger charge is 2.39. The number of H-pyrrole nitrogens is 2. The van der Waals surface area contributed by atoms with Crippen LogP contribution in [0.25, 0.3) is 33.6 Å². The minimum absolute atomic E-state index is 0.120. The van der Waals surface area contributed by atoms with E-state index in [1.54, 1.807) is 29.1 Å². The smallest absolute Gasteiger partial charge is 0.409 e. The molecule has 6 rings (SSSR count). The summed E-state index contributed by atoms with van der Waals surface area (Å²) in [6.07, 6.45) is 3.20. The van der Waals surface area contributed by atoms with Crippen LogP contribution in [-0.2, 0) is 23.8 Å². The molecule has 2 aliphatic heterocycles. The predicted molar refractivity (Wildman–Crippen MR) is 208 cm³/mol. The maximum absolute atomic E-state index is 13.5. The Bertz CT molecular complexity index is 2060. The van der Waals surface area contributed by atoms with Crippen LogP contribution < -0.4 is 10.6 Å². The van der Waals surface area contributed by atoms with Crippen LogP contribution in [0.3, 0.4) is 0 Å². The Morgan fingerprint density at radius 2 is 1.18 bits per heavy atom. The van der Waals surface area contributed by atoms with Gasteiger partial charge >= 0.3 is 18.3 Å². The number of rotatable bonds is 10. The zero-order valence-electron chi connectivity index (χ0n) is 32.9. The zero-order valence-corrected chi connectivity index (χ0v) is 32.9. The van der Waals surface area contributed by atoms with Crippen molar-refractivity contribution in [2.45, 2.75) is 57.8 Å². The first-order valence-corrected chi connectivity index (χ1v) is 18.9. The Labute approximate surface area is 330 Å². The molecule has 4 heterocycles. The first kappa shape index (κ1) is 40.3. The monoisotopic (exact) mass is 783 g/mol. The molecule has 2 aliphatic rings. The van der Waals surface area contributed by atoms with Crippen molar-refractivity contribution < 1.29 is 38.2 Å². The molecule has 302 valence electrons. The standard InChI is InChI=1S/C40H49N9O8/c1-23(2)33(46-39(53)56-5)37(51)48-17-7-8-31(48)34-41-20-29(44-34)27-13-9-25(10-14-27)26-11-15-28(16-12-26)30-21-42-35(45-30)32-22-47(40(54)57-6)18-19-49(32)36(50)24(3)43-38(52)55-4/h9-16,20-21,23-24,31-33H,7-8,17-19,22H2,1-6H3,(H,41,44)(H,42,45)(H,43,52)(H,46,53)/t24-,31-,32-,33?/m0/s1. The molecule has 4 aromatic rings. The van der Waals surface area contributed by atoms with Gasteiger partial charge in [-0.2, -0.15) is 0 Å². The number of nitrogens with one attached hydrogen (secondary N) is 4. The summed E-state index contributed by atoms with van der Waals surface area (Å²) in [7, 11) is 3.82. The highest BCUT2D eigenvalue weighted by Crippen LogP contribution is 2.34. The Hall–Kier alpha value is -6.39. The van der Waals surface area contributed by atoms with E-state index in [0.29, 0.717) is 18.2 Å². The van der Waals surface area contributed by atoms with Crippen LogP contribution in [0.4, 0.5) is 14.4 Å². The fourth-order valence-corrected chi connectivity index (χ4v) is 7.30. The summed E-state index contributed by atoms with van der Waals surface area (Å²) in [6.45, 7) is 6.56. The van der Waals surface area contributed by atoms with Crippen molar-refractivity contribution in [1.82, 2.24) is 45.3 Å². The molecule has 17 nitrogen and oxygen atoms in total. The van der Waals surface area contributed by atoms with Crippen LogP contribution in [0.2, 0.25) is 0 Å². The lowest BCUT2D eigenvalue weighted by molar-refractivity contribution is -0.138. The van der Waals surface area contributed by atoms with Crippen molar-refractivity contribution in [3.05, 3.63) is 72.6 Å². The molecule has 17 heteroatoms. The molecule has 0 radical (unpaired) electrons. The molecule has 0 saturated carbocycles. The van der Waals surface area contributed by atoms with Crippen molar-refractivity contribution in [1.29, 1.82) is 0 Å². The zero-order chi connectivity index (χ0) is 40.8. The molecule has 5 amide bonds. The third-order valence-electron chi connectivity index (χ3n) is 10.5. The summed E-state index contributed by atoms with van der Waals surface area (Å²) in [5.41, 5.74) is 5.39. The quantitative estimate of drug-likeness (QED) is 0.161. The second kappa shape index (κ2) is 17.6. The number of aromatic nitrogens is 4. The van der Waals surface area contributed by atoms with Gasteiger partial charge in [0.05, 0.1) is 57.7 Å². The van der Waals surface area contributed by atoms with Gasteiger partial charge in [-0.3, -0.25) is 9.59 Å². The number of amides is 5. The van der Waals surface area contributed by atoms with E-state index in [4.69, 9.17) is 9.47 Å². The normalized spacial score (nSPS) is 17.8. The highest BCUT2D eigenvalue weighted by molar-refractivity contribution is 5.87. The van der Waals surface area contributed by atoms with Gasteiger partial charge < -0.3 is 49.5 Å². The number of hydrogen-bond acceptors (Lipinski definition) is 10. The maximum Gasteiger partial charge on any atom is 0.409 e. The Morgan fingerprint density at radius 3 is 1.70 bits per heavy atom. The van der Waals surface area contributed by atoms with Crippen molar-refractivity contribution in [3.63, 3.8) is 0 Å². The summed E-state index contributed by atoms with van der Waals surface area (Å²) in [5.74, 6) is 0.573. The maximum atomic E-state index is 13.5. The van der Waals surface area contributed by atoms with E-state index in [0.717, 1.165) is 46.5 Å². The fraction of sp³-hybridized carbons (Fsp3) is 0.425. The number of alkyl carbamates (subject to hydrolysis) is 2. The number of aromatic amines is 2. The molecule has 0 spiro atoms. The summed E-state index contributed by atoms with van der Waals surface area (Å²) < 4.78 is 14.3. The van der Waals surface area contributed by atoms with E-state index in [1.165, 1.54) is 26.2 Å². The Balaban J connectivity index is 1.13. The molecule has 2 aromatic carbocycles. The van der Waals surface area contributed by atoms with Crippen LogP contribution in [-0.4, -0.2) is 124 Å². The van der Waals surface area contributed by atoms with Gasteiger partial charge in [0, 0.05) is 19.6 Å². The van der Waals surface area contributed by atoms with E-state index in [1.807, 2.05) is 62.4 Å². The van der Waals surface area contributed by atoms with E-state index in [9.17, 15) is 24.0 Å². The van der Waals surface area contributed by atoms with Crippen molar-refractivity contribution in [2.75, 3.05) is 47.5 Å². The number of benzene rings is 2. The molecular formula is C40H49N9O8. The Kier molecular flexibility index (Phi) is 12.4. The summed E-state index contributed by atoms with van der Waals surface area (Å²) >= 11 is 0. The number of carbonyl (C=O) groups excluding carboxylic acids is 5. The lowest BCUT2D eigenvalue weighted by atomic mass is 10.0. The number of imidazole rings is 2. The molecule has 2 saturated heterocycles. The van der Waals surface area contributed by atoms with Crippen molar-refractivity contribution in [2.24, 2.45) is 5.92 Å². The summed E-state index contributed by atoms with van der Waals surface area (Å²) in [4.78, 5) is 84.1. The average molecular weight is 784 g/mol. The number of hydrogen-bond donors (Lipinski definition) is 4. The van der Waals surface area contributed by atoms with Crippen LogP contribution in [0.5, 0.6) is 0 Å². The topological polar surface area (TPSA) is 204 Å². The molecule has 4 atom stereocenters. The second-order valence-electron chi connectivity index (χ2n) is 14.4. The molecular weight excluding hydrogens is 734 g/mol. The van der Waals surface area contributed by atoms with Crippen LogP contribution in [0, 0.1) is 5.92 Å². The van der Waals surface area contributed by atoms with Gasteiger partial charge in [-0.05, 0) is 47.9 Å². The molecule has 2 aromatic heterocycles. The molecule has 4 N–H and O–H groups in total. The Morgan fingerprint density at radius 1 is 0.667 bits per heavy atom. The molecule has 0 bridgehead atoms. The second-order valence-corrected chi connectivity index (χ2v) is 14.4. The fourth-order valence-electron chi connectivity index (χ4n) is 7.30. The number of likely N-dealkylation sites (tertiary alicyclic amines) is 1. The van der Waals surface area contributed by atoms with Gasteiger partial charge in [-0.25, -0.2) is 24.4 Å². The van der Waals surface area contributed by atoms with Crippen molar-refractivity contribution >= 4 is 30.1 Å². The largest absolute Gasteiger partial charge is 0.453 e. The van der Waals surface area contributed by atoms with Crippen LogP contribution in [0.1, 0.15) is 57.3 Å². The van der Waals surface area contributed by atoms with Crippen LogP contribution in [0.15, 0.2) is 60.9 Å². The van der Waals surface area contributed by atoms with Gasteiger partial charge in [0.1, 0.15) is 29.8 Å². The van der Waals surface area contributed by atoms with Gasteiger partial charge in [-0.15, -0.1) is 0 Å². The third-order valence-corrected chi connectivity index (χ3v) is 10.5. The summed E-state index contributed by atoms with van der Waals surface area (Å²) in [5, 5.41) is 5.20. The molecule has 57 heavy (non-hydrogen) atoms. The minimum Gasteiger partial charge on any atom is -0.453 e. The van der Waals surface area contributed by atoms with E-state index in [-0.39, 0.29) is 43.4 Å². The number of carbonyl (C=O) groups is 5. The average Bonchev–Trinajstić information content (AvgIpc) is 4.04. The van der Waals surface area contributed by atoms with E-state index < -0.39 is 36.4 Å². The lowest BCUT2D eigenvalue weighted by Crippen LogP contribution is -2.56. The molecule has 1 unspecified atom stereocenters. The first-order chi connectivity index (χ1) is 27.4. The number of methoxy groups -OCH3 is 3. The first-order valence-electron chi connectivity index (χ1n) is 18.9. The van der Waals surface area contributed by atoms with Crippen LogP contribution >= 0.6 is 0 Å². The van der Waals surface area contributed by atoms with Crippen molar-refractivity contribution in [3.8, 4) is 33.6 Å². The predicted octanol–water partition coefficient (Wildman–Crippen LogP) is 4.87. The SMILES string of the molecule is COC(=O)NC(C(=O)N1CCC[C@H]1c1ncc(-c2ccc(-c3ccc(-c4cnc([C@@H]5CN(C(=O)OC)CCN5C(=O)[C@H](C)NC(=O)OC)[nH]4)cc3)cc2)[nH]1)C(C)C. The number of ether oxygens (including phenoxy) is 3. The minimum atomic E-state index is -0.861. The van der Waals surface area contributed by atoms with E-state index >= 15 is 0 Å². The number of nitrogens with zero attached hydrogens (tertiary/aromatic N) is 5. The summed E-state index contributed by atoms with van der Waals surface area (Å²) in [6, 6.07) is 13.7. The van der Waals surface area contributed by atoms with Gasteiger partial charge in [0.25, 0.3) is 0 Å². The van der Waals surface area contributed by atoms with E-state index in [2.05, 4.69) is 35.3 Å². The van der Waals surface area contributed by atoms with Gasteiger partial charge in [-0.1, -0.05) is 62.4 Å².